The number of nitrogens with zero attached hydrogens (tertiary/aromatic N) is 1. The van der Waals surface area contributed by atoms with E-state index in [9.17, 15) is 4.79 Å². The Morgan fingerprint density at radius 1 is 1.19 bits per heavy atom. The molecule has 0 atom stereocenters. The summed E-state index contributed by atoms with van der Waals surface area (Å²) in [6.45, 7) is 7.19. The molecule has 0 bridgehead atoms. The fourth-order valence-electron chi connectivity index (χ4n) is 3.93. The van der Waals surface area contributed by atoms with Gasteiger partial charge in [-0.1, -0.05) is 73.9 Å². The first-order chi connectivity index (χ1) is 15.7. The number of hydrogen-bond acceptors (Lipinski definition) is 4. The van der Waals surface area contributed by atoms with Crippen LogP contribution in [0.5, 0.6) is 0 Å². The molecule has 0 unspecified atom stereocenters. The Balaban J connectivity index is 2.43. The lowest BCUT2D eigenvalue weighted by Gasteiger charge is -2.29. The molecule has 0 radical (unpaired) electrons. The highest BCUT2D eigenvalue weighted by Crippen LogP contribution is 2.21. The molecule has 2 N–H and O–H groups in total. The van der Waals surface area contributed by atoms with Crippen molar-refractivity contribution in [2.75, 3.05) is 18.1 Å². The number of allylic oxidation sites excluding steroid dienone is 4. The number of carbonyl (C=O) groups is 1. The maximum absolute atomic E-state index is 12.2. The van der Waals surface area contributed by atoms with Crippen molar-refractivity contribution < 1.29 is 4.79 Å². The van der Waals surface area contributed by atoms with Crippen LogP contribution in [0, 0.1) is 5.41 Å². The molecule has 0 spiro atoms. The van der Waals surface area contributed by atoms with Crippen LogP contribution in [0.2, 0.25) is 0 Å². The largest absolute Gasteiger partial charge is 0.354 e. The molecule has 170 valence electrons. The molecule has 0 aromatic heterocycles. The molecule has 0 saturated heterocycles. The molecule has 0 amide bonds. The fraction of sp³-hybridized carbons (Fsp3) is 0.357. The Labute approximate surface area is 193 Å². The van der Waals surface area contributed by atoms with E-state index in [0.717, 1.165) is 23.1 Å². The number of aldehydes is 1. The number of nitrogens with one attached hydrogen (secondary N) is 2. The summed E-state index contributed by atoms with van der Waals surface area (Å²) >= 11 is 0. The molecule has 4 nitrogen and oxygen atoms in total. The summed E-state index contributed by atoms with van der Waals surface area (Å²) in [6.07, 6.45) is 16.8. The van der Waals surface area contributed by atoms with Crippen LogP contribution in [0.4, 0.5) is 5.69 Å². The quantitative estimate of drug-likeness (QED) is 0.144. The van der Waals surface area contributed by atoms with Crippen LogP contribution in [-0.2, 0) is 6.42 Å². The van der Waals surface area contributed by atoms with Gasteiger partial charge in [0.05, 0.1) is 6.67 Å². The van der Waals surface area contributed by atoms with Gasteiger partial charge >= 0.3 is 0 Å². The Kier molecular flexibility index (Phi) is 11.8. The molecular formula is C28H37N3O. The normalized spacial score (nSPS) is 14.6. The van der Waals surface area contributed by atoms with Crippen LogP contribution < -0.4 is 10.2 Å². The van der Waals surface area contributed by atoms with E-state index in [4.69, 9.17) is 5.41 Å². The zero-order chi connectivity index (χ0) is 23.0. The number of rotatable bonds is 11. The van der Waals surface area contributed by atoms with E-state index in [0.29, 0.717) is 31.2 Å². The monoisotopic (exact) mass is 431 g/mol. The third kappa shape index (κ3) is 8.64. The average Bonchev–Trinajstić information content (AvgIpc) is 2.83. The van der Waals surface area contributed by atoms with Gasteiger partial charge in [0, 0.05) is 30.1 Å². The second-order valence-electron chi connectivity index (χ2n) is 8.08. The van der Waals surface area contributed by atoms with Gasteiger partial charge in [0.15, 0.2) is 6.29 Å². The van der Waals surface area contributed by atoms with Crippen molar-refractivity contribution in [3.63, 3.8) is 0 Å². The Morgan fingerprint density at radius 3 is 2.59 bits per heavy atom. The standard InChI is InChI=1S/C28H37N3O/c1-3-5-13-25(21-29)19-24-14-9-6-7-12-17-28(26(20-24)22-32)31(18-4-2)23-30-27-15-10-8-11-16-27/h3-7,9,12-14,17,20-22,27,29-30H,2,8,10-11,15-16,18-19,23H2,1H3/b5-3+,7-6?,9-6?,12-7?,14-9?,17-12?,24-14?,24-20?,25-13-,26-20?,28-17?,28-26?,29-21?. The van der Waals surface area contributed by atoms with E-state index in [2.05, 4.69) is 16.8 Å². The van der Waals surface area contributed by atoms with Gasteiger partial charge in [-0.05, 0) is 49.5 Å². The van der Waals surface area contributed by atoms with Gasteiger partial charge in [-0.25, -0.2) is 0 Å². The first-order valence-corrected chi connectivity index (χ1v) is 11.5. The first kappa shape index (κ1) is 25.3. The van der Waals surface area contributed by atoms with Crippen molar-refractivity contribution in [3.8, 4) is 0 Å². The SMILES string of the molecule is C=CCN(CNC1CCCCC1)c1ccccccc(C/C(C=N)=C/C=C/C)cc1C=O. The Morgan fingerprint density at radius 2 is 1.94 bits per heavy atom. The molecule has 1 aromatic carbocycles. The molecule has 1 aliphatic rings. The molecule has 1 saturated carbocycles. The number of carbonyl (C=O) groups excluding carboxylic acids is 1. The van der Waals surface area contributed by atoms with Crippen molar-refractivity contribution in [3.05, 3.63) is 90.0 Å². The minimum Gasteiger partial charge on any atom is -0.354 e. The molecule has 4 heteroatoms. The topological polar surface area (TPSA) is 56.2 Å². The van der Waals surface area contributed by atoms with Gasteiger partial charge in [-0.15, -0.1) is 6.58 Å². The Bertz CT molecular complexity index is 865. The molecular weight excluding hydrogens is 394 g/mol. The van der Waals surface area contributed by atoms with Crippen molar-refractivity contribution in [2.24, 2.45) is 0 Å². The lowest BCUT2D eigenvalue weighted by molar-refractivity contribution is 0.112. The van der Waals surface area contributed by atoms with Gasteiger partial charge < -0.3 is 10.3 Å². The maximum atomic E-state index is 12.2. The third-order valence-electron chi connectivity index (χ3n) is 5.62. The summed E-state index contributed by atoms with van der Waals surface area (Å²) in [5.41, 5.74) is 3.35. The van der Waals surface area contributed by atoms with E-state index < -0.39 is 0 Å². The van der Waals surface area contributed by atoms with Gasteiger partial charge in [-0.2, -0.15) is 0 Å². The predicted molar refractivity (Wildman–Crippen MR) is 137 cm³/mol. The van der Waals surface area contributed by atoms with Crippen LogP contribution in [0.3, 0.4) is 0 Å². The van der Waals surface area contributed by atoms with Crippen LogP contribution in [0.1, 0.15) is 54.9 Å². The maximum Gasteiger partial charge on any atom is 0.152 e. The van der Waals surface area contributed by atoms with E-state index in [1.54, 1.807) is 0 Å². The molecule has 1 aliphatic carbocycles. The van der Waals surface area contributed by atoms with Crippen LogP contribution in [-0.4, -0.2) is 31.8 Å². The summed E-state index contributed by atoms with van der Waals surface area (Å²) in [4.78, 5) is 14.4. The number of hydrogen-bond donors (Lipinski definition) is 2. The van der Waals surface area contributed by atoms with E-state index in [-0.39, 0.29) is 0 Å². The van der Waals surface area contributed by atoms with Crippen molar-refractivity contribution >= 4 is 18.2 Å². The predicted octanol–water partition coefficient (Wildman–Crippen LogP) is 6.19. The molecule has 0 heterocycles. The summed E-state index contributed by atoms with van der Waals surface area (Å²) < 4.78 is 0. The van der Waals surface area contributed by atoms with Crippen LogP contribution >= 0.6 is 0 Å². The molecule has 1 fully saturated rings. The van der Waals surface area contributed by atoms with Crippen LogP contribution in [0.25, 0.3) is 0 Å². The highest BCUT2D eigenvalue weighted by molar-refractivity contribution is 5.84. The average molecular weight is 432 g/mol. The third-order valence-corrected chi connectivity index (χ3v) is 5.62. The highest BCUT2D eigenvalue weighted by Gasteiger charge is 2.15. The fourth-order valence-corrected chi connectivity index (χ4v) is 3.93. The second kappa shape index (κ2) is 14.9. The van der Waals surface area contributed by atoms with E-state index >= 15 is 0 Å². The summed E-state index contributed by atoms with van der Waals surface area (Å²) in [5, 5.41) is 11.4. The highest BCUT2D eigenvalue weighted by atomic mass is 16.1. The van der Waals surface area contributed by atoms with Gasteiger partial charge in [0.2, 0.25) is 0 Å². The van der Waals surface area contributed by atoms with Crippen molar-refractivity contribution in [1.29, 1.82) is 5.41 Å². The summed E-state index contributed by atoms with van der Waals surface area (Å²) in [7, 11) is 0. The van der Waals surface area contributed by atoms with E-state index in [1.165, 1.54) is 38.3 Å². The summed E-state index contributed by atoms with van der Waals surface area (Å²) in [6, 6.07) is 14.3. The molecule has 32 heavy (non-hydrogen) atoms. The van der Waals surface area contributed by atoms with Gasteiger partial charge in [0.1, 0.15) is 0 Å². The smallest absolute Gasteiger partial charge is 0.152 e. The molecule has 0 aliphatic heterocycles. The molecule has 2 rings (SSSR count). The number of anilines is 1. The van der Waals surface area contributed by atoms with Gasteiger partial charge in [-0.3, -0.25) is 10.1 Å². The van der Waals surface area contributed by atoms with Crippen molar-refractivity contribution in [1.82, 2.24) is 5.32 Å². The zero-order valence-corrected chi connectivity index (χ0v) is 19.3. The minimum atomic E-state index is 0.528. The zero-order valence-electron chi connectivity index (χ0n) is 19.3. The second-order valence-corrected chi connectivity index (χ2v) is 8.08. The van der Waals surface area contributed by atoms with Crippen molar-refractivity contribution in [2.45, 2.75) is 51.5 Å². The Hall–Kier alpha value is -2.98. The lowest BCUT2D eigenvalue weighted by Crippen LogP contribution is -2.41. The van der Waals surface area contributed by atoms with Gasteiger partial charge in [0.25, 0.3) is 0 Å². The van der Waals surface area contributed by atoms with E-state index in [1.807, 2.05) is 73.7 Å². The summed E-state index contributed by atoms with van der Waals surface area (Å²) in [5.74, 6) is 0. The first-order valence-electron chi connectivity index (χ1n) is 11.5. The minimum absolute atomic E-state index is 0.528. The van der Waals surface area contributed by atoms with Crippen LogP contribution in [0.15, 0.2) is 78.9 Å². The molecule has 1 aromatic rings. The lowest BCUT2D eigenvalue weighted by atomic mass is 9.96.